The van der Waals surface area contributed by atoms with Crippen molar-refractivity contribution in [1.29, 1.82) is 0 Å². The molecule has 2 aromatic rings. The Bertz CT molecular complexity index is 693. The van der Waals surface area contributed by atoms with Gasteiger partial charge in [0.15, 0.2) is 0 Å². The Morgan fingerprint density at radius 1 is 0.864 bits per heavy atom. The molecule has 0 spiro atoms. The van der Waals surface area contributed by atoms with E-state index in [1.54, 1.807) is 30.3 Å². The molecule has 2 rings (SSSR count). The highest BCUT2D eigenvalue weighted by Crippen LogP contribution is 2.17. The van der Waals surface area contributed by atoms with Crippen molar-refractivity contribution in [3.63, 3.8) is 0 Å². The molecule has 0 heterocycles. The number of carbonyl (C=O) groups excluding carboxylic acids is 2. The van der Waals surface area contributed by atoms with Gasteiger partial charge in [0, 0.05) is 11.6 Å². The van der Waals surface area contributed by atoms with Crippen LogP contribution in [0.4, 0.5) is 5.69 Å². The lowest BCUT2D eigenvalue weighted by Gasteiger charge is -2.13. The van der Waals surface area contributed by atoms with Crippen molar-refractivity contribution in [2.45, 2.75) is 26.8 Å². The Kier molecular flexibility index (Phi) is 4.94. The maximum Gasteiger partial charge on any atom is 0.255 e. The molecule has 0 aromatic heterocycles. The summed E-state index contributed by atoms with van der Waals surface area (Å²) < 4.78 is 0. The summed E-state index contributed by atoms with van der Waals surface area (Å²) in [5, 5.41) is 5.66. The van der Waals surface area contributed by atoms with Gasteiger partial charge in [0.05, 0.1) is 11.3 Å². The summed E-state index contributed by atoms with van der Waals surface area (Å²) in [6.45, 7) is 5.67. The van der Waals surface area contributed by atoms with Gasteiger partial charge in [-0.2, -0.15) is 0 Å². The SMILES string of the molecule is Cc1ccccc1C(=O)Nc1ccccc1C(=O)NC(C)C. The van der Waals surface area contributed by atoms with Gasteiger partial charge in [-0.1, -0.05) is 30.3 Å². The molecule has 114 valence electrons. The Balaban J connectivity index is 2.25. The van der Waals surface area contributed by atoms with Gasteiger partial charge in [-0.05, 0) is 44.5 Å². The molecule has 0 aliphatic heterocycles. The molecular weight excluding hydrogens is 276 g/mol. The molecule has 0 atom stereocenters. The van der Waals surface area contributed by atoms with Crippen molar-refractivity contribution in [3.05, 3.63) is 65.2 Å². The first-order chi connectivity index (χ1) is 10.5. The van der Waals surface area contributed by atoms with Crippen molar-refractivity contribution in [3.8, 4) is 0 Å². The van der Waals surface area contributed by atoms with Gasteiger partial charge < -0.3 is 10.6 Å². The summed E-state index contributed by atoms with van der Waals surface area (Å²) in [5.41, 5.74) is 2.46. The molecule has 0 fully saturated rings. The van der Waals surface area contributed by atoms with Crippen LogP contribution in [0, 0.1) is 6.92 Å². The normalized spacial score (nSPS) is 10.4. The molecule has 22 heavy (non-hydrogen) atoms. The van der Waals surface area contributed by atoms with Crippen molar-refractivity contribution >= 4 is 17.5 Å². The average Bonchev–Trinajstić information content (AvgIpc) is 2.47. The third-order valence-corrected chi connectivity index (χ3v) is 3.23. The minimum absolute atomic E-state index is 0.0348. The number of rotatable bonds is 4. The lowest BCUT2D eigenvalue weighted by Crippen LogP contribution is -2.31. The van der Waals surface area contributed by atoms with E-state index in [0.717, 1.165) is 5.56 Å². The first kappa shape index (κ1) is 15.8. The quantitative estimate of drug-likeness (QED) is 0.908. The summed E-state index contributed by atoms with van der Waals surface area (Å²) in [6, 6.07) is 14.4. The number of hydrogen-bond donors (Lipinski definition) is 2. The standard InChI is InChI=1S/C18H20N2O2/c1-12(2)19-18(22)15-10-6-7-11-16(15)20-17(21)14-9-5-4-8-13(14)3/h4-12H,1-3H3,(H,19,22)(H,20,21). The summed E-state index contributed by atoms with van der Waals surface area (Å²) in [7, 11) is 0. The van der Waals surface area contributed by atoms with Crippen molar-refractivity contribution in [2.24, 2.45) is 0 Å². The van der Waals surface area contributed by atoms with E-state index in [0.29, 0.717) is 16.8 Å². The molecule has 0 radical (unpaired) electrons. The van der Waals surface area contributed by atoms with Gasteiger partial charge in [-0.15, -0.1) is 0 Å². The number of anilines is 1. The highest BCUT2D eigenvalue weighted by Gasteiger charge is 2.15. The zero-order valence-electron chi connectivity index (χ0n) is 13.0. The summed E-state index contributed by atoms with van der Waals surface area (Å²) in [4.78, 5) is 24.6. The van der Waals surface area contributed by atoms with E-state index < -0.39 is 0 Å². The molecule has 2 aromatic carbocycles. The van der Waals surface area contributed by atoms with E-state index >= 15 is 0 Å². The van der Waals surface area contributed by atoms with E-state index in [1.807, 2.05) is 39.0 Å². The lowest BCUT2D eigenvalue weighted by molar-refractivity contribution is 0.0944. The van der Waals surface area contributed by atoms with Gasteiger partial charge in [0.25, 0.3) is 11.8 Å². The van der Waals surface area contributed by atoms with Crippen LogP contribution in [0.3, 0.4) is 0 Å². The number of carbonyl (C=O) groups is 2. The molecule has 0 bridgehead atoms. The number of amides is 2. The van der Waals surface area contributed by atoms with E-state index in [2.05, 4.69) is 10.6 Å². The number of benzene rings is 2. The monoisotopic (exact) mass is 296 g/mol. The first-order valence-electron chi connectivity index (χ1n) is 7.26. The number of hydrogen-bond acceptors (Lipinski definition) is 2. The summed E-state index contributed by atoms with van der Waals surface area (Å²) >= 11 is 0. The van der Waals surface area contributed by atoms with Crippen LogP contribution in [-0.4, -0.2) is 17.9 Å². The lowest BCUT2D eigenvalue weighted by atomic mass is 10.1. The highest BCUT2D eigenvalue weighted by atomic mass is 16.2. The predicted octanol–water partition coefficient (Wildman–Crippen LogP) is 3.39. The van der Waals surface area contributed by atoms with Crippen LogP contribution in [0.15, 0.2) is 48.5 Å². The van der Waals surface area contributed by atoms with E-state index in [1.165, 1.54) is 0 Å². The largest absolute Gasteiger partial charge is 0.350 e. The zero-order chi connectivity index (χ0) is 16.1. The van der Waals surface area contributed by atoms with Gasteiger partial charge in [0.2, 0.25) is 0 Å². The smallest absolute Gasteiger partial charge is 0.255 e. The molecular formula is C18H20N2O2. The second kappa shape index (κ2) is 6.89. The Morgan fingerprint density at radius 2 is 1.45 bits per heavy atom. The minimum Gasteiger partial charge on any atom is -0.350 e. The molecule has 4 nitrogen and oxygen atoms in total. The second-order valence-corrected chi connectivity index (χ2v) is 5.44. The third-order valence-electron chi connectivity index (χ3n) is 3.23. The Morgan fingerprint density at radius 3 is 2.09 bits per heavy atom. The fraction of sp³-hybridized carbons (Fsp3) is 0.222. The average molecular weight is 296 g/mol. The van der Waals surface area contributed by atoms with Gasteiger partial charge in [-0.3, -0.25) is 9.59 Å². The van der Waals surface area contributed by atoms with E-state index in [4.69, 9.17) is 0 Å². The molecule has 0 unspecified atom stereocenters. The maximum absolute atomic E-state index is 12.4. The van der Waals surface area contributed by atoms with Gasteiger partial charge in [0.1, 0.15) is 0 Å². The fourth-order valence-corrected chi connectivity index (χ4v) is 2.15. The van der Waals surface area contributed by atoms with Crippen molar-refractivity contribution < 1.29 is 9.59 Å². The van der Waals surface area contributed by atoms with Crippen LogP contribution in [0.2, 0.25) is 0 Å². The highest BCUT2D eigenvalue weighted by molar-refractivity contribution is 6.09. The van der Waals surface area contributed by atoms with Crippen LogP contribution in [0.1, 0.15) is 40.1 Å². The van der Waals surface area contributed by atoms with E-state index in [-0.39, 0.29) is 17.9 Å². The Hall–Kier alpha value is -2.62. The molecule has 0 aliphatic carbocycles. The van der Waals surface area contributed by atoms with Gasteiger partial charge >= 0.3 is 0 Å². The summed E-state index contributed by atoms with van der Waals surface area (Å²) in [6.07, 6.45) is 0. The van der Waals surface area contributed by atoms with Crippen LogP contribution in [0.25, 0.3) is 0 Å². The van der Waals surface area contributed by atoms with Crippen LogP contribution < -0.4 is 10.6 Å². The molecule has 2 amide bonds. The van der Waals surface area contributed by atoms with Crippen LogP contribution in [0.5, 0.6) is 0 Å². The van der Waals surface area contributed by atoms with E-state index in [9.17, 15) is 9.59 Å². The second-order valence-electron chi connectivity index (χ2n) is 5.44. The maximum atomic E-state index is 12.4. The first-order valence-corrected chi connectivity index (χ1v) is 7.26. The molecule has 0 aliphatic rings. The van der Waals surface area contributed by atoms with Crippen molar-refractivity contribution in [2.75, 3.05) is 5.32 Å². The zero-order valence-corrected chi connectivity index (χ0v) is 13.0. The van der Waals surface area contributed by atoms with Crippen molar-refractivity contribution in [1.82, 2.24) is 5.32 Å². The number of para-hydroxylation sites is 1. The predicted molar refractivity (Wildman–Crippen MR) is 88.2 cm³/mol. The Labute approximate surface area is 130 Å². The topological polar surface area (TPSA) is 58.2 Å². The summed E-state index contributed by atoms with van der Waals surface area (Å²) in [5.74, 6) is -0.418. The molecule has 4 heteroatoms. The molecule has 2 N–H and O–H groups in total. The van der Waals surface area contributed by atoms with Crippen LogP contribution in [-0.2, 0) is 0 Å². The molecule has 0 saturated carbocycles. The fourth-order valence-electron chi connectivity index (χ4n) is 2.15. The van der Waals surface area contributed by atoms with Gasteiger partial charge in [-0.25, -0.2) is 0 Å². The van der Waals surface area contributed by atoms with Crippen LogP contribution >= 0.6 is 0 Å². The number of nitrogens with one attached hydrogen (secondary N) is 2. The molecule has 0 saturated heterocycles. The number of aryl methyl sites for hydroxylation is 1. The third kappa shape index (κ3) is 3.73. The minimum atomic E-state index is -0.220.